The molecule has 19 heavy (non-hydrogen) atoms. The van der Waals surface area contributed by atoms with E-state index in [1.54, 1.807) is 6.07 Å². The van der Waals surface area contributed by atoms with Crippen LogP contribution in [0.25, 0.3) is 0 Å². The van der Waals surface area contributed by atoms with Crippen molar-refractivity contribution in [3.63, 3.8) is 0 Å². The van der Waals surface area contributed by atoms with Gasteiger partial charge in [0.1, 0.15) is 0 Å². The standard InChI is InChI=1S/C13H15N3O2S/c1-9-5-3-6-10(2)12(9)16-19(17,18)13-11(14)7-4-8-15-13/h3-8,16H,14H2,1-2H3. The third-order valence-corrected chi connectivity index (χ3v) is 4.10. The molecule has 0 atom stereocenters. The minimum Gasteiger partial charge on any atom is -0.396 e. The number of benzene rings is 1. The summed E-state index contributed by atoms with van der Waals surface area (Å²) in [6, 6.07) is 8.65. The molecule has 2 aromatic rings. The Bertz CT molecular complexity index is 691. The molecule has 2 rings (SSSR count). The van der Waals surface area contributed by atoms with Crippen LogP contribution in [-0.4, -0.2) is 13.4 Å². The zero-order chi connectivity index (χ0) is 14.0. The molecule has 0 spiro atoms. The highest BCUT2D eigenvalue weighted by Gasteiger charge is 2.20. The average molecular weight is 277 g/mol. The number of aryl methyl sites for hydroxylation is 2. The van der Waals surface area contributed by atoms with Crippen molar-refractivity contribution in [3.8, 4) is 0 Å². The lowest BCUT2D eigenvalue weighted by molar-refractivity contribution is 0.598. The number of nitrogens with zero attached hydrogens (tertiary/aromatic N) is 1. The molecule has 0 bridgehead atoms. The van der Waals surface area contributed by atoms with Gasteiger partial charge in [-0.05, 0) is 37.1 Å². The van der Waals surface area contributed by atoms with Crippen molar-refractivity contribution in [1.82, 2.24) is 4.98 Å². The monoisotopic (exact) mass is 277 g/mol. The molecule has 0 saturated heterocycles. The largest absolute Gasteiger partial charge is 0.396 e. The molecule has 3 N–H and O–H groups in total. The lowest BCUT2D eigenvalue weighted by Gasteiger charge is -2.13. The normalized spacial score (nSPS) is 11.3. The predicted molar refractivity (Wildman–Crippen MR) is 75.4 cm³/mol. The Kier molecular flexibility index (Phi) is 3.44. The maximum Gasteiger partial charge on any atom is 0.281 e. The molecule has 0 radical (unpaired) electrons. The number of aromatic nitrogens is 1. The summed E-state index contributed by atoms with van der Waals surface area (Å²) in [7, 11) is -3.78. The van der Waals surface area contributed by atoms with E-state index in [9.17, 15) is 8.42 Å². The lowest BCUT2D eigenvalue weighted by atomic mass is 10.1. The molecule has 1 aromatic carbocycles. The number of anilines is 2. The molecular formula is C13H15N3O2S. The maximum atomic E-state index is 12.3. The Morgan fingerprint density at radius 1 is 1.11 bits per heavy atom. The highest BCUT2D eigenvalue weighted by atomic mass is 32.2. The van der Waals surface area contributed by atoms with Gasteiger partial charge >= 0.3 is 0 Å². The topological polar surface area (TPSA) is 85.1 Å². The van der Waals surface area contributed by atoms with Crippen molar-refractivity contribution in [2.24, 2.45) is 0 Å². The van der Waals surface area contributed by atoms with E-state index in [0.29, 0.717) is 5.69 Å². The van der Waals surface area contributed by atoms with E-state index >= 15 is 0 Å². The van der Waals surface area contributed by atoms with Gasteiger partial charge in [0.2, 0.25) is 0 Å². The molecule has 5 nitrogen and oxygen atoms in total. The van der Waals surface area contributed by atoms with E-state index in [1.807, 2.05) is 32.0 Å². The summed E-state index contributed by atoms with van der Waals surface area (Å²) in [5.41, 5.74) is 8.03. The number of rotatable bonds is 3. The van der Waals surface area contributed by atoms with Crippen LogP contribution in [0.15, 0.2) is 41.6 Å². The van der Waals surface area contributed by atoms with E-state index in [1.165, 1.54) is 12.3 Å². The SMILES string of the molecule is Cc1cccc(C)c1NS(=O)(=O)c1ncccc1N. The van der Waals surface area contributed by atoms with Crippen molar-refractivity contribution in [3.05, 3.63) is 47.7 Å². The van der Waals surface area contributed by atoms with Crippen molar-refractivity contribution < 1.29 is 8.42 Å². The molecular weight excluding hydrogens is 262 g/mol. The van der Waals surface area contributed by atoms with Crippen LogP contribution in [0.3, 0.4) is 0 Å². The Balaban J connectivity index is 2.46. The fourth-order valence-electron chi connectivity index (χ4n) is 1.79. The first-order valence-corrected chi connectivity index (χ1v) is 7.19. The summed E-state index contributed by atoms with van der Waals surface area (Å²) in [6.07, 6.45) is 1.40. The molecule has 6 heteroatoms. The minimum absolute atomic E-state index is 0.126. The van der Waals surface area contributed by atoms with Gasteiger partial charge in [0.15, 0.2) is 5.03 Å². The van der Waals surface area contributed by atoms with Gasteiger partial charge in [-0.25, -0.2) is 4.98 Å². The van der Waals surface area contributed by atoms with Crippen LogP contribution in [-0.2, 0) is 10.0 Å². The third-order valence-electron chi connectivity index (χ3n) is 2.77. The van der Waals surface area contributed by atoms with Crippen molar-refractivity contribution in [2.45, 2.75) is 18.9 Å². The van der Waals surface area contributed by atoms with Crippen LogP contribution in [0, 0.1) is 13.8 Å². The molecule has 1 aromatic heterocycles. The first-order valence-electron chi connectivity index (χ1n) is 5.71. The smallest absolute Gasteiger partial charge is 0.281 e. The second-order valence-electron chi connectivity index (χ2n) is 4.27. The van der Waals surface area contributed by atoms with Crippen LogP contribution >= 0.6 is 0 Å². The van der Waals surface area contributed by atoms with Gasteiger partial charge in [0.05, 0.1) is 11.4 Å². The quantitative estimate of drug-likeness (QED) is 0.899. The number of hydrogen-bond donors (Lipinski definition) is 2. The number of nitrogens with one attached hydrogen (secondary N) is 1. The first kappa shape index (κ1) is 13.4. The van der Waals surface area contributed by atoms with Crippen LogP contribution in [0.2, 0.25) is 0 Å². The number of hydrogen-bond acceptors (Lipinski definition) is 4. The van der Waals surface area contributed by atoms with Crippen LogP contribution in [0.4, 0.5) is 11.4 Å². The van der Waals surface area contributed by atoms with E-state index < -0.39 is 10.0 Å². The summed E-state index contributed by atoms with van der Waals surface area (Å²) < 4.78 is 27.1. The number of sulfonamides is 1. The van der Waals surface area contributed by atoms with Gasteiger partial charge in [0.25, 0.3) is 10.0 Å². The summed E-state index contributed by atoms with van der Waals surface area (Å²) in [5, 5.41) is -0.155. The fraction of sp³-hybridized carbons (Fsp3) is 0.154. The summed E-state index contributed by atoms with van der Waals surface area (Å²) in [4.78, 5) is 3.83. The summed E-state index contributed by atoms with van der Waals surface area (Å²) in [6.45, 7) is 3.68. The van der Waals surface area contributed by atoms with Gasteiger partial charge in [-0.15, -0.1) is 0 Å². The summed E-state index contributed by atoms with van der Waals surface area (Å²) in [5.74, 6) is 0. The van der Waals surface area contributed by atoms with E-state index in [-0.39, 0.29) is 10.7 Å². The Hall–Kier alpha value is -2.08. The van der Waals surface area contributed by atoms with Crippen LogP contribution < -0.4 is 10.5 Å². The van der Waals surface area contributed by atoms with Gasteiger partial charge in [-0.3, -0.25) is 4.72 Å². The highest BCUT2D eigenvalue weighted by molar-refractivity contribution is 7.92. The molecule has 1 heterocycles. The maximum absolute atomic E-state index is 12.3. The zero-order valence-electron chi connectivity index (χ0n) is 10.7. The lowest BCUT2D eigenvalue weighted by Crippen LogP contribution is -2.17. The summed E-state index contributed by atoms with van der Waals surface area (Å²) >= 11 is 0. The van der Waals surface area contributed by atoms with E-state index in [2.05, 4.69) is 9.71 Å². The van der Waals surface area contributed by atoms with E-state index in [4.69, 9.17) is 5.73 Å². The Morgan fingerprint density at radius 2 is 1.74 bits per heavy atom. The third kappa shape index (κ3) is 2.68. The molecule has 0 aliphatic heterocycles. The average Bonchev–Trinajstić information content (AvgIpc) is 2.34. The van der Waals surface area contributed by atoms with Crippen molar-refractivity contribution in [2.75, 3.05) is 10.5 Å². The van der Waals surface area contributed by atoms with Gasteiger partial charge in [-0.2, -0.15) is 8.42 Å². The second-order valence-corrected chi connectivity index (χ2v) is 5.87. The van der Waals surface area contributed by atoms with Crippen molar-refractivity contribution in [1.29, 1.82) is 0 Å². The van der Waals surface area contributed by atoms with Crippen LogP contribution in [0.1, 0.15) is 11.1 Å². The Morgan fingerprint density at radius 3 is 2.32 bits per heavy atom. The van der Waals surface area contributed by atoms with E-state index in [0.717, 1.165) is 11.1 Å². The van der Waals surface area contributed by atoms with Crippen molar-refractivity contribution >= 4 is 21.4 Å². The molecule has 100 valence electrons. The number of nitrogens with two attached hydrogens (primary N) is 1. The second kappa shape index (κ2) is 4.89. The number of para-hydroxylation sites is 1. The fourth-order valence-corrected chi connectivity index (χ4v) is 3.05. The Labute approximate surface area is 112 Å². The first-order chi connectivity index (χ1) is 8.92. The molecule has 0 unspecified atom stereocenters. The van der Waals surface area contributed by atoms with Crippen LogP contribution in [0.5, 0.6) is 0 Å². The minimum atomic E-state index is -3.78. The van der Waals surface area contributed by atoms with Gasteiger partial charge in [-0.1, -0.05) is 18.2 Å². The number of pyridine rings is 1. The molecule has 0 fully saturated rings. The molecule has 0 aliphatic carbocycles. The highest BCUT2D eigenvalue weighted by Crippen LogP contribution is 2.24. The number of nitrogen functional groups attached to an aromatic ring is 1. The van der Waals surface area contributed by atoms with Gasteiger partial charge < -0.3 is 5.73 Å². The predicted octanol–water partition coefficient (Wildman–Crippen LogP) is 2.08. The molecule has 0 aliphatic rings. The van der Waals surface area contributed by atoms with Gasteiger partial charge in [0, 0.05) is 6.20 Å². The molecule has 0 amide bonds. The molecule has 0 saturated carbocycles. The zero-order valence-corrected chi connectivity index (χ0v) is 11.5.